The molecule has 2 N–H and O–H groups in total. The highest BCUT2D eigenvalue weighted by Gasteiger charge is 2.39. The van der Waals surface area contributed by atoms with Gasteiger partial charge in [-0.3, -0.25) is 4.90 Å². The van der Waals surface area contributed by atoms with Crippen LogP contribution in [0.5, 0.6) is 0 Å². The van der Waals surface area contributed by atoms with Gasteiger partial charge in [0, 0.05) is 18.7 Å². The van der Waals surface area contributed by atoms with E-state index >= 15 is 0 Å². The summed E-state index contributed by atoms with van der Waals surface area (Å²) < 4.78 is 5.60. The van der Waals surface area contributed by atoms with E-state index in [1.807, 2.05) is 0 Å². The number of ether oxygens (including phenoxy) is 1. The molecular weight excluding hydrogens is 212 g/mol. The van der Waals surface area contributed by atoms with Crippen molar-refractivity contribution in [3.8, 4) is 0 Å². The molecule has 0 bridgehead atoms. The summed E-state index contributed by atoms with van der Waals surface area (Å²) in [6.07, 6.45) is 9.72. The zero-order chi connectivity index (χ0) is 11.7. The molecule has 2 saturated heterocycles. The second kappa shape index (κ2) is 4.87. The van der Waals surface area contributed by atoms with E-state index in [9.17, 15) is 0 Å². The minimum Gasteiger partial charge on any atom is -0.380 e. The zero-order valence-electron chi connectivity index (χ0n) is 10.9. The molecule has 3 nitrogen and oxygen atoms in total. The van der Waals surface area contributed by atoms with Crippen molar-refractivity contribution in [3.05, 3.63) is 0 Å². The topological polar surface area (TPSA) is 38.5 Å². The molecule has 2 unspecified atom stereocenters. The SMILES string of the molecule is NC1CCOCC1N1CCC2(CCCC2)CC1. The lowest BCUT2D eigenvalue weighted by Crippen LogP contribution is -2.56. The van der Waals surface area contributed by atoms with Crippen LogP contribution in [0.15, 0.2) is 0 Å². The molecule has 3 fully saturated rings. The summed E-state index contributed by atoms with van der Waals surface area (Å²) in [6, 6.07) is 0.823. The first-order valence-corrected chi connectivity index (χ1v) is 7.37. The molecular formula is C14H26N2O. The molecule has 2 aliphatic heterocycles. The number of rotatable bonds is 1. The van der Waals surface area contributed by atoms with Crippen LogP contribution >= 0.6 is 0 Å². The van der Waals surface area contributed by atoms with Gasteiger partial charge in [0.1, 0.15) is 0 Å². The highest BCUT2D eigenvalue weighted by atomic mass is 16.5. The molecule has 2 heterocycles. The number of hydrogen-bond acceptors (Lipinski definition) is 3. The van der Waals surface area contributed by atoms with Crippen LogP contribution in [-0.4, -0.2) is 43.3 Å². The Morgan fingerprint density at radius 1 is 1.06 bits per heavy atom. The minimum absolute atomic E-state index is 0.335. The fourth-order valence-corrected chi connectivity index (χ4v) is 4.07. The minimum atomic E-state index is 0.335. The van der Waals surface area contributed by atoms with Gasteiger partial charge in [-0.2, -0.15) is 0 Å². The van der Waals surface area contributed by atoms with Crippen molar-refractivity contribution in [2.75, 3.05) is 26.3 Å². The number of hydrogen-bond donors (Lipinski definition) is 1. The van der Waals surface area contributed by atoms with Gasteiger partial charge in [-0.25, -0.2) is 0 Å². The molecule has 98 valence electrons. The molecule has 1 saturated carbocycles. The lowest BCUT2D eigenvalue weighted by Gasteiger charge is -2.45. The lowest BCUT2D eigenvalue weighted by atomic mass is 9.76. The quantitative estimate of drug-likeness (QED) is 0.756. The van der Waals surface area contributed by atoms with Gasteiger partial charge >= 0.3 is 0 Å². The summed E-state index contributed by atoms with van der Waals surface area (Å²) in [5, 5.41) is 0. The normalized spacial score (nSPS) is 38.6. The van der Waals surface area contributed by atoms with Crippen LogP contribution in [0.3, 0.4) is 0 Å². The Morgan fingerprint density at radius 2 is 1.76 bits per heavy atom. The Labute approximate surface area is 105 Å². The summed E-state index contributed by atoms with van der Waals surface area (Å²) in [6.45, 7) is 4.22. The van der Waals surface area contributed by atoms with Gasteiger partial charge in [0.25, 0.3) is 0 Å². The van der Waals surface area contributed by atoms with E-state index in [2.05, 4.69) is 4.90 Å². The summed E-state index contributed by atoms with van der Waals surface area (Å²) >= 11 is 0. The number of nitrogens with zero attached hydrogens (tertiary/aromatic N) is 1. The molecule has 0 aromatic carbocycles. The fraction of sp³-hybridized carbons (Fsp3) is 1.00. The predicted octanol–water partition coefficient (Wildman–Crippen LogP) is 1.76. The smallest absolute Gasteiger partial charge is 0.0636 e. The van der Waals surface area contributed by atoms with Crippen molar-refractivity contribution in [1.29, 1.82) is 0 Å². The van der Waals surface area contributed by atoms with E-state index in [1.54, 1.807) is 0 Å². The van der Waals surface area contributed by atoms with Crippen LogP contribution in [0.4, 0.5) is 0 Å². The molecule has 3 rings (SSSR count). The van der Waals surface area contributed by atoms with Crippen LogP contribution in [0.1, 0.15) is 44.9 Å². The van der Waals surface area contributed by atoms with Crippen molar-refractivity contribution in [3.63, 3.8) is 0 Å². The van der Waals surface area contributed by atoms with Crippen molar-refractivity contribution < 1.29 is 4.74 Å². The highest BCUT2D eigenvalue weighted by Crippen LogP contribution is 2.46. The molecule has 0 amide bonds. The molecule has 1 aliphatic carbocycles. The summed E-state index contributed by atoms with van der Waals surface area (Å²) in [7, 11) is 0. The molecule has 17 heavy (non-hydrogen) atoms. The Kier molecular flexibility index (Phi) is 3.42. The van der Waals surface area contributed by atoms with Gasteiger partial charge in [-0.1, -0.05) is 12.8 Å². The number of likely N-dealkylation sites (tertiary alicyclic amines) is 1. The Morgan fingerprint density at radius 3 is 2.41 bits per heavy atom. The summed E-state index contributed by atoms with van der Waals surface area (Å²) in [5.74, 6) is 0. The van der Waals surface area contributed by atoms with Gasteiger partial charge in [-0.05, 0) is 50.6 Å². The van der Waals surface area contributed by atoms with Crippen molar-refractivity contribution in [1.82, 2.24) is 4.90 Å². The van der Waals surface area contributed by atoms with E-state index < -0.39 is 0 Å². The van der Waals surface area contributed by atoms with Crippen LogP contribution < -0.4 is 5.73 Å². The highest BCUT2D eigenvalue weighted by molar-refractivity contribution is 4.94. The zero-order valence-corrected chi connectivity index (χ0v) is 10.9. The first-order valence-electron chi connectivity index (χ1n) is 7.37. The largest absolute Gasteiger partial charge is 0.380 e. The maximum absolute atomic E-state index is 6.23. The third kappa shape index (κ3) is 2.38. The third-order valence-electron chi connectivity index (χ3n) is 5.37. The first kappa shape index (κ1) is 11.9. The second-order valence-corrected chi connectivity index (χ2v) is 6.34. The molecule has 0 aromatic rings. The fourth-order valence-electron chi connectivity index (χ4n) is 4.07. The van der Waals surface area contributed by atoms with Gasteiger partial charge in [0.2, 0.25) is 0 Å². The van der Waals surface area contributed by atoms with Crippen molar-refractivity contribution in [2.24, 2.45) is 11.1 Å². The predicted molar refractivity (Wildman–Crippen MR) is 68.9 cm³/mol. The van der Waals surface area contributed by atoms with E-state index in [1.165, 1.54) is 51.6 Å². The van der Waals surface area contributed by atoms with Crippen molar-refractivity contribution in [2.45, 2.75) is 57.0 Å². The van der Waals surface area contributed by atoms with Crippen molar-refractivity contribution >= 4 is 0 Å². The van der Waals surface area contributed by atoms with Crippen LogP contribution in [0.25, 0.3) is 0 Å². The van der Waals surface area contributed by atoms with Gasteiger partial charge in [0.05, 0.1) is 6.61 Å². The molecule has 0 aromatic heterocycles. The lowest BCUT2D eigenvalue weighted by molar-refractivity contribution is -0.0183. The maximum Gasteiger partial charge on any atom is 0.0636 e. The Hall–Kier alpha value is -0.120. The molecule has 3 aliphatic rings. The summed E-state index contributed by atoms with van der Waals surface area (Å²) in [4.78, 5) is 2.60. The van der Waals surface area contributed by atoms with Gasteiger partial charge in [0.15, 0.2) is 0 Å². The van der Waals surface area contributed by atoms with E-state index in [-0.39, 0.29) is 0 Å². The van der Waals surface area contributed by atoms with Crippen LogP contribution in [-0.2, 0) is 4.74 Å². The monoisotopic (exact) mass is 238 g/mol. The number of nitrogens with two attached hydrogens (primary N) is 1. The third-order valence-corrected chi connectivity index (χ3v) is 5.37. The average Bonchev–Trinajstić information content (AvgIpc) is 2.80. The molecule has 1 spiro atoms. The van der Waals surface area contributed by atoms with Crippen LogP contribution in [0, 0.1) is 5.41 Å². The van der Waals surface area contributed by atoms with Gasteiger partial charge < -0.3 is 10.5 Å². The van der Waals surface area contributed by atoms with Crippen LogP contribution in [0.2, 0.25) is 0 Å². The second-order valence-electron chi connectivity index (χ2n) is 6.34. The van der Waals surface area contributed by atoms with Gasteiger partial charge in [-0.15, -0.1) is 0 Å². The molecule has 0 radical (unpaired) electrons. The Balaban J connectivity index is 1.57. The van der Waals surface area contributed by atoms with E-state index in [0.717, 1.165) is 25.0 Å². The summed E-state index contributed by atoms with van der Waals surface area (Å²) in [5.41, 5.74) is 6.95. The standard InChI is InChI=1S/C14H26N2O/c15-12-3-10-17-11-13(12)16-8-6-14(7-9-16)4-1-2-5-14/h12-13H,1-11,15H2. The Bertz CT molecular complexity index is 253. The average molecular weight is 238 g/mol. The maximum atomic E-state index is 6.23. The molecule has 3 heteroatoms. The number of piperidine rings is 1. The van der Waals surface area contributed by atoms with E-state index in [0.29, 0.717) is 12.1 Å². The van der Waals surface area contributed by atoms with E-state index in [4.69, 9.17) is 10.5 Å². The molecule has 2 atom stereocenters. The first-order chi connectivity index (χ1) is 8.29.